The van der Waals surface area contributed by atoms with Crippen LogP contribution in [0.3, 0.4) is 0 Å². The monoisotopic (exact) mass is 277 g/mol. The molecule has 7 nitrogen and oxygen atoms in total. The lowest BCUT2D eigenvalue weighted by atomic mass is 10.1. The van der Waals surface area contributed by atoms with E-state index in [-0.39, 0.29) is 12.1 Å². The Morgan fingerprint density at radius 3 is 2.78 bits per heavy atom. The minimum Gasteiger partial charge on any atom is -0.446 e. The molecule has 2 aliphatic rings. The first-order chi connectivity index (χ1) is 8.38. The van der Waals surface area contributed by atoms with Gasteiger partial charge in [-0.1, -0.05) is 0 Å². The normalized spacial score (nSPS) is 28.4. The van der Waals surface area contributed by atoms with Crippen LogP contribution in [-0.4, -0.2) is 50.6 Å². The van der Waals surface area contributed by atoms with Crippen LogP contribution in [0.5, 0.6) is 0 Å². The van der Waals surface area contributed by atoms with E-state index in [0.717, 1.165) is 13.0 Å². The molecule has 2 aliphatic heterocycles. The fourth-order valence-corrected chi connectivity index (χ4v) is 3.55. The summed E-state index contributed by atoms with van der Waals surface area (Å²) in [7, 11) is -3.78. The highest BCUT2D eigenvalue weighted by atomic mass is 32.2. The van der Waals surface area contributed by atoms with Crippen molar-refractivity contribution in [3.63, 3.8) is 0 Å². The zero-order valence-corrected chi connectivity index (χ0v) is 11.4. The van der Waals surface area contributed by atoms with Crippen LogP contribution in [0.4, 0.5) is 4.79 Å². The van der Waals surface area contributed by atoms with E-state index in [0.29, 0.717) is 19.0 Å². The summed E-state index contributed by atoms with van der Waals surface area (Å²) in [5.41, 5.74) is 0. The molecular weight excluding hydrogens is 258 g/mol. The van der Waals surface area contributed by atoms with Gasteiger partial charge >= 0.3 is 16.3 Å². The lowest BCUT2D eigenvalue weighted by Gasteiger charge is -2.18. The molecule has 0 bridgehead atoms. The molecule has 104 valence electrons. The molecule has 0 aliphatic carbocycles. The van der Waals surface area contributed by atoms with Gasteiger partial charge in [0.15, 0.2) is 0 Å². The molecule has 2 fully saturated rings. The van der Waals surface area contributed by atoms with E-state index < -0.39 is 16.3 Å². The summed E-state index contributed by atoms with van der Waals surface area (Å²) in [4.78, 5) is 11.3. The van der Waals surface area contributed by atoms with Crippen molar-refractivity contribution in [2.45, 2.75) is 32.4 Å². The van der Waals surface area contributed by atoms with Gasteiger partial charge in [0.1, 0.15) is 0 Å². The van der Waals surface area contributed by atoms with Gasteiger partial charge in [-0.2, -0.15) is 12.7 Å². The van der Waals surface area contributed by atoms with Gasteiger partial charge in [-0.3, -0.25) is 0 Å². The molecule has 0 radical (unpaired) electrons. The quantitative estimate of drug-likeness (QED) is 0.737. The van der Waals surface area contributed by atoms with Crippen molar-refractivity contribution in [1.29, 1.82) is 0 Å². The topological polar surface area (TPSA) is 87.7 Å². The number of nitrogens with one attached hydrogen (secondary N) is 2. The molecule has 2 atom stereocenters. The predicted octanol–water partition coefficient (Wildman–Crippen LogP) is -0.340. The van der Waals surface area contributed by atoms with Crippen LogP contribution in [0.25, 0.3) is 0 Å². The third-order valence-electron chi connectivity index (χ3n) is 3.22. The lowest BCUT2D eigenvalue weighted by Crippen LogP contribution is -2.44. The summed E-state index contributed by atoms with van der Waals surface area (Å²) in [6.45, 7) is 5.13. The molecule has 8 heteroatoms. The Morgan fingerprint density at radius 2 is 2.17 bits per heavy atom. The summed E-state index contributed by atoms with van der Waals surface area (Å²) >= 11 is 0. The molecular formula is C10H19N3O4S. The van der Waals surface area contributed by atoms with Crippen molar-refractivity contribution in [2.75, 3.05) is 19.6 Å². The van der Waals surface area contributed by atoms with Gasteiger partial charge in [0, 0.05) is 19.1 Å². The number of ether oxygens (including phenoxy) is 1. The summed E-state index contributed by atoms with van der Waals surface area (Å²) in [6, 6.07) is 0.211. The number of hydrogen-bond donors (Lipinski definition) is 2. The van der Waals surface area contributed by atoms with Crippen molar-refractivity contribution in [3.8, 4) is 0 Å². The molecule has 0 aromatic rings. The highest BCUT2D eigenvalue weighted by molar-refractivity contribution is 7.87. The molecule has 1 amide bonds. The van der Waals surface area contributed by atoms with E-state index in [1.165, 1.54) is 4.31 Å². The molecule has 0 unspecified atom stereocenters. The van der Waals surface area contributed by atoms with Crippen LogP contribution < -0.4 is 10.0 Å². The van der Waals surface area contributed by atoms with Gasteiger partial charge in [-0.25, -0.2) is 9.52 Å². The van der Waals surface area contributed by atoms with E-state index in [4.69, 9.17) is 4.74 Å². The first kappa shape index (κ1) is 13.6. The molecule has 2 saturated heterocycles. The Morgan fingerprint density at radius 1 is 1.44 bits per heavy atom. The second-order valence-electron chi connectivity index (χ2n) is 4.99. The number of amides is 1. The zero-order valence-electron chi connectivity index (χ0n) is 10.5. The number of nitrogens with zero attached hydrogens (tertiary/aromatic N) is 1. The first-order valence-electron chi connectivity index (χ1n) is 6.10. The smallest absolute Gasteiger partial charge is 0.422 e. The van der Waals surface area contributed by atoms with Crippen molar-refractivity contribution in [3.05, 3.63) is 0 Å². The predicted molar refractivity (Wildman–Crippen MR) is 65.1 cm³/mol. The highest BCUT2D eigenvalue weighted by Crippen LogP contribution is 2.25. The van der Waals surface area contributed by atoms with E-state index in [9.17, 15) is 13.2 Å². The van der Waals surface area contributed by atoms with Crippen molar-refractivity contribution >= 4 is 16.3 Å². The summed E-state index contributed by atoms with van der Waals surface area (Å²) in [5, 5.41) is 3.26. The SMILES string of the molecule is CC(C)OC(=O)NS(=O)(=O)N1C[C@@H]2CCN[C@@H]2C1. The summed E-state index contributed by atoms with van der Waals surface area (Å²) in [5.74, 6) is 0.350. The maximum Gasteiger partial charge on any atom is 0.422 e. The average Bonchev–Trinajstić information content (AvgIpc) is 2.72. The largest absolute Gasteiger partial charge is 0.446 e. The van der Waals surface area contributed by atoms with Gasteiger partial charge in [-0.15, -0.1) is 0 Å². The van der Waals surface area contributed by atoms with E-state index in [1.807, 2.05) is 4.72 Å². The number of hydrogen-bond acceptors (Lipinski definition) is 5. The maximum atomic E-state index is 11.9. The third kappa shape index (κ3) is 2.93. The van der Waals surface area contributed by atoms with Crippen LogP contribution in [0.2, 0.25) is 0 Å². The Kier molecular flexibility index (Phi) is 3.79. The Labute approximate surface area is 107 Å². The Hall–Kier alpha value is -0.860. The molecule has 0 spiro atoms. The maximum absolute atomic E-state index is 11.9. The first-order valence-corrected chi connectivity index (χ1v) is 7.54. The van der Waals surface area contributed by atoms with Crippen molar-refractivity contribution in [2.24, 2.45) is 5.92 Å². The average molecular weight is 277 g/mol. The zero-order chi connectivity index (χ0) is 13.3. The van der Waals surface area contributed by atoms with Crippen LogP contribution in [0.1, 0.15) is 20.3 Å². The summed E-state index contributed by atoms with van der Waals surface area (Å²) in [6.07, 6.45) is -0.289. The second kappa shape index (κ2) is 5.02. The van der Waals surface area contributed by atoms with E-state index in [1.54, 1.807) is 13.8 Å². The van der Waals surface area contributed by atoms with E-state index in [2.05, 4.69) is 5.32 Å². The summed E-state index contributed by atoms with van der Waals surface area (Å²) < 4.78 is 31.9. The number of rotatable bonds is 3. The second-order valence-corrected chi connectivity index (χ2v) is 6.66. The Balaban J connectivity index is 1.93. The lowest BCUT2D eigenvalue weighted by molar-refractivity contribution is 0.121. The fraction of sp³-hybridized carbons (Fsp3) is 0.900. The van der Waals surface area contributed by atoms with Gasteiger partial charge in [0.2, 0.25) is 0 Å². The molecule has 0 aromatic carbocycles. The Bertz CT molecular complexity index is 411. The van der Waals surface area contributed by atoms with Gasteiger partial charge in [0.25, 0.3) is 0 Å². The minimum absolute atomic E-state index is 0.211. The third-order valence-corrected chi connectivity index (χ3v) is 4.63. The molecule has 2 heterocycles. The number of fused-ring (bicyclic) bond motifs is 1. The van der Waals surface area contributed by atoms with Gasteiger partial charge < -0.3 is 10.1 Å². The minimum atomic E-state index is -3.78. The van der Waals surface area contributed by atoms with Gasteiger partial charge in [-0.05, 0) is 32.7 Å². The van der Waals surface area contributed by atoms with Crippen LogP contribution in [0.15, 0.2) is 0 Å². The van der Waals surface area contributed by atoms with E-state index >= 15 is 0 Å². The van der Waals surface area contributed by atoms with Crippen molar-refractivity contribution in [1.82, 2.24) is 14.3 Å². The molecule has 18 heavy (non-hydrogen) atoms. The highest BCUT2D eigenvalue weighted by Gasteiger charge is 2.41. The standard InChI is InChI=1S/C10H19N3O4S/c1-7(2)17-10(14)12-18(15,16)13-5-8-3-4-11-9(8)6-13/h7-9,11H,3-6H2,1-2H3,(H,12,14)/t8-,9+/m0/s1. The number of carbonyl (C=O) groups is 1. The van der Waals surface area contributed by atoms with Crippen LogP contribution >= 0.6 is 0 Å². The fourth-order valence-electron chi connectivity index (χ4n) is 2.41. The molecule has 0 aromatic heterocycles. The van der Waals surface area contributed by atoms with Crippen LogP contribution in [0, 0.1) is 5.92 Å². The van der Waals surface area contributed by atoms with Gasteiger partial charge in [0.05, 0.1) is 6.10 Å². The molecule has 2 rings (SSSR count). The molecule has 0 saturated carbocycles. The van der Waals surface area contributed by atoms with Crippen LogP contribution in [-0.2, 0) is 14.9 Å². The number of carbonyl (C=O) groups excluding carboxylic acids is 1. The van der Waals surface area contributed by atoms with Crippen molar-refractivity contribution < 1.29 is 17.9 Å². The molecule has 2 N–H and O–H groups in total.